The summed E-state index contributed by atoms with van der Waals surface area (Å²) in [5.41, 5.74) is 0.743. The lowest BCUT2D eigenvalue weighted by Gasteiger charge is -2.13. The van der Waals surface area contributed by atoms with Gasteiger partial charge >= 0.3 is 5.97 Å². The van der Waals surface area contributed by atoms with Crippen molar-refractivity contribution in [1.82, 2.24) is 14.1 Å². The third-order valence-electron chi connectivity index (χ3n) is 5.10. The molecular formula is C22H24N4O6S. The molecule has 0 fully saturated rings. The van der Waals surface area contributed by atoms with Crippen molar-refractivity contribution in [1.29, 1.82) is 0 Å². The fraction of sp³-hybridized carbons (Fsp3) is 0.227. The number of aromatic nitrogens is 2. The van der Waals surface area contributed by atoms with Crippen LogP contribution < -0.4 is 15.6 Å². The first kappa shape index (κ1) is 24.0. The van der Waals surface area contributed by atoms with Gasteiger partial charge in [-0.3, -0.25) is 14.3 Å². The molecule has 0 radical (unpaired) electrons. The maximum absolute atomic E-state index is 12.9. The van der Waals surface area contributed by atoms with Gasteiger partial charge in [0.15, 0.2) is 6.10 Å². The Hall–Kier alpha value is -3.70. The molecule has 1 aromatic heterocycles. The van der Waals surface area contributed by atoms with E-state index in [0.29, 0.717) is 11.4 Å². The van der Waals surface area contributed by atoms with Gasteiger partial charge in [-0.25, -0.2) is 22.6 Å². The van der Waals surface area contributed by atoms with E-state index >= 15 is 0 Å². The van der Waals surface area contributed by atoms with Crippen LogP contribution in [0.4, 0.5) is 5.69 Å². The molecule has 174 valence electrons. The molecule has 0 saturated heterocycles. The fourth-order valence-corrected chi connectivity index (χ4v) is 3.90. The van der Waals surface area contributed by atoms with Crippen molar-refractivity contribution in [3.8, 4) is 5.69 Å². The predicted molar refractivity (Wildman–Crippen MR) is 122 cm³/mol. The fourth-order valence-electron chi connectivity index (χ4n) is 3.13. The van der Waals surface area contributed by atoms with Crippen LogP contribution in [-0.4, -0.2) is 42.8 Å². The largest absolute Gasteiger partial charge is 0.449 e. The molecule has 1 atom stereocenters. The average molecular weight is 473 g/mol. The van der Waals surface area contributed by atoms with Crippen molar-refractivity contribution < 1.29 is 22.7 Å². The molecule has 11 heteroatoms. The molecule has 3 rings (SSSR count). The maximum Gasteiger partial charge on any atom is 0.338 e. The molecule has 1 unspecified atom stereocenters. The Morgan fingerprint density at radius 3 is 2.36 bits per heavy atom. The molecule has 0 saturated carbocycles. The number of carbonyl (C=O) groups excluding carboxylic acids is 2. The molecule has 3 aromatic rings. The van der Waals surface area contributed by atoms with Crippen molar-refractivity contribution in [2.24, 2.45) is 7.05 Å². The van der Waals surface area contributed by atoms with Crippen LogP contribution in [0.25, 0.3) is 5.69 Å². The maximum atomic E-state index is 12.9. The number of sulfonamides is 1. The molecule has 1 amide bonds. The van der Waals surface area contributed by atoms with Crippen LogP contribution in [0, 0.1) is 6.92 Å². The zero-order valence-electron chi connectivity index (χ0n) is 18.5. The number of amides is 1. The summed E-state index contributed by atoms with van der Waals surface area (Å²) in [7, 11) is -0.807. The lowest BCUT2D eigenvalue weighted by molar-refractivity contribution is -0.123. The molecule has 0 bridgehead atoms. The first-order valence-electron chi connectivity index (χ1n) is 9.96. The van der Waals surface area contributed by atoms with E-state index in [0.717, 1.165) is 6.07 Å². The Balaban J connectivity index is 1.78. The standard InChI is InChI=1S/C22H24N4O6S/c1-14-19(21(28)26(25(14)4)17-10-6-5-7-11-17)24-20(27)15(2)32-22(29)16-9-8-12-18(13-16)33(30,31)23-3/h5-13,15,23H,1-4H3,(H,24,27). The van der Waals surface area contributed by atoms with Crippen molar-refractivity contribution in [3.63, 3.8) is 0 Å². The number of nitrogens with zero attached hydrogens (tertiary/aromatic N) is 2. The molecule has 0 aliphatic carbocycles. The molecular weight excluding hydrogens is 448 g/mol. The summed E-state index contributed by atoms with van der Waals surface area (Å²) in [6.45, 7) is 3.04. The summed E-state index contributed by atoms with van der Waals surface area (Å²) in [4.78, 5) is 37.9. The van der Waals surface area contributed by atoms with E-state index < -0.39 is 33.6 Å². The highest BCUT2D eigenvalue weighted by atomic mass is 32.2. The molecule has 2 aromatic carbocycles. The summed E-state index contributed by atoms with van der Waals surface area (Å²) >= 11 is 0. The Labute approximate surface area is 190 Å². The van der Waals surface area contributed by atoms with Gasteiger partial charge in [-0.15, -0.1) is 0 Å². The van der Waals surface area contributed by atoms with Gasteiger partial charge in [-0.05, 0) is 51.2 Å². The van der Waals surface area contributed by atoms with Gasteiger partial charge in [0.25, 0.3) is 11.5 Å². The second-order valence-corrected chi connectivity index (χ2v) is 9.10. The highest BCUT2D eigenvalue weighted by Crippen LogP contribution is 2.16. The first-order valence-corrected chi connectivity index (χ1v) is 11.4. The minimum atomic E-state index is -3.75. The quantitative estimate of drug-likeness (QED) is 0.503. The third kappa shape index (κ3) is 4.89. The lowest BCUT2D eigenvalue weighted by atomic mass is 10.2. The van der Waals surface area contributed by atoms with E-state index in [-0.39, 0.29) is 16.1 Å². The SMILES string of the molecule is CNS(=O)(=O)c1cccc(C(=O)OC(C)C(=O)Nc2c(C)n(C)n(-c3ccccc3)c2=O)c1. The van der Waals surface area contributed by atoms with Crippen LogP contribution in [0.2, 0.25) is 0 Å². The summed E-state index contributed by atoms with van der Waals surface area (Å²) in [5, 5.41) is 2.53. The average Bonchev–Trinajstić information content (AvgIpc) is 3.02. The van der Waals surface area contributed by atoms with E-state index in [1.807, 2.05) is 6.07 Å². The zero-order chi connectivity index (χ0) is 24.3. The van der Waals surface area contributed by atoms with Crippen LogP contribution in [-0.2, 0) is 26.6 Å². The number of rotatable bonds is 7. The number of nitrogens with one attached hydrogen (secondary N) is 2. The number of hydrogen-bond donors (Lipinski definition) is 2. The normalized spacial score (nSPS) is 12.2. The van der Waals surface area contributed by atoms with Gasteiger partial charge in [0.1, 0.15) is 5.69 Å². The van der Waals surface area contributed by atoms with E-state index in [1.54, 1.807) is 42.9 Å². The van der Waals surface area contributed by atoms with Gasteiger partial charge in [0, 0.05) is 7.05 Å². The van der Waals surface area contributed by atoms with Crippen molar-refractivity contribution in [2.45, 2.75) is 24.8 Å². The van der Waals surface area contributed by atoms with Crippen LogP contribution in [0.1, 0.15) is 23.0 Å². The van der Waals surface area contributed by atoms with Gasteiger partial charge in [-0.2, -0.15) is 0 Å². The molecule has 0 spiro atoms. The van der Waals surface area contributed by atoms with Gasteiger partial charge in [0.05, 0.1) is 21.8 Å². The second-order valence-electron chi connectivity index (χ2n) is 7.21. The number of anilines is 1. The highest BCUT2D eigenvalue weighted by molar-refractivity contribution is 7.89. The Morgan fingerprint density at radius 2 is 1.73 bits per heavy atom. The summed E-state index contributed by atoms with van der Waals surface area (Å²) in [5.74, 6) is -1.58. The minimum Gasteiger partial charge on any atom is -0.449 e. The van der Waals surface area contributed by atoms with Crippen LogP contribution >= 0.6 is 0 Å². The topological polar surface area (TPSA) is 128 Å². The zero-order valence-corrected chi connectivity index (χ0v) is 19.3. The summed E-state index contributed by atoms with van der Waals surface area (Å²) in [6, 6.07) is 14.2. The van der Waals surface area contributed by atoms with Crippen molar-refractivity contribution in [2.75, 3.05) is 12.4 Å². The van der Waals surface area contributed by atoms with E-state index in [2.05, 4.69) is 10.0 Å². The Kier molecular flexibility index (Phi) is 6.84. The van der Waals surface area contributed by atoms with Crippen molar-refractivity contribution in [3.05, 3.63) is 76.2 Å². The number of ether oxygens (including phenoxy) is 1. The summed E-state index contributed by atoms with van der Waals surface area (Å²) in [6.07, 6.45) is -1.24. The highest BCUT2D eigenvalue weighted by Gasteiger charge is 2.24. The Bertz CT molecular complexity index is 1360. The van der Waals surface area contributed by atoms with E-state index in [1.165, 1.54) is 36.9 Å². The van der Waals surface area contributed by atoms with Gasteiger partial charge in [-0.1, -0.05) is 24.3 Å². The van der Waals surface area contributed by atoms with E-state index in [9.17, 15) is 22.8 Å². The molecule has 0 aliphatic heterocycles. The van der Waals surface area contributed by atoms with E-state index in [4.69, 9.17) is 4.74 Å². The third-order valence-corrected chi connectivity index (χ3v) is 6.52. The van der Waals surface area contributed by atoms with Crippen LogP contribution in [0.5, 0.6) is 0 Å². The molecule has 1 heterocycles. The minimum absolute atomic E-state index is 0.0340. The molecule has 33 heavy (non-hydrogen) atoms. The molecule has 2 N–H and O–H groups in total. The lowest BCUT2D eigenvalue weighted by Crippen LogP contribution is -2.32. The number of para-hydroxylation sites is 1. The predicted octanol–water partition coefficient (Wildman–Crippen LogP) is 1.58. The smallest absolute Gasteiger partial charge is 0.338 e. The Morgan fingerprint density at radius 1 is 1.06 bits per heavy atom. The molecule has 10 nitrogen and oxygen atoms in total. The number of benzene rings is 2. The van der Waals surface area contributed by atoms with Gasteiger partial charge < -0.3 is 10.1 Å². The number of hydrogen-bond acceptors (Lipinski definition) is 6. The number of esters is 1. The second kappa shape index (κ2) is 9.43. The van der Waals surface area contributed by atoms with Gasteiger partial charge in [0.2, 0.25) is 10.0 Å². The van der Waals surface area contributed by atoms with Crippen LogP contribution in [0.3, 0.4) is 0 Å². The molecule has 0 aliphatic rings. The summed E-state index contributed by atoms with van der Waals surface area (Å²) < 4.78 is 34.3. The first-order chi connectivity index (χ1) is 15.6. The van der Waals surface area contributed by atoms with Crippen molar-refractivity contribution >= 4 is 27.6 Å². The van der Waals surface area contributed by atoms with Crippen LogP contribution in [0.15, 0.2) is 64.3 Å². The monoisotopic (exact) mass is 472 g/mol. The number of carbonyl (C=O) groups is 2.